The van der Waals surface area contributed by atoms with E-state index in [1.165, 1.54) is 0 Å². The minimum Gasteiger partial charge on any atom is -0.486 e. The SMILES string of the molecule is C[C@@H](N)c1ccc(OC2CCCOC2)c(Cl)c1. The first-order valence-corrected chi connectivity index (χ1v) is 6.34. The zero-order valence-corrected chi connectivity index (χ0v) is 10.7. The minimum atomic E-state index is -0.0143. The quantitative estimate of drug-likeness (QED) is 0.903. The van der Waals surface area contributed by atoms with Crippen LogP contribution in [0.2, 0.25) is 5.02 Å². The van der Waals surface area contributed by atoms with E-state index >= 15 is 0 Å². The van der Waals surface area contributed by atoms with Crippen LogP contribution in [0.3, 0.4) is 0 Å². The van der Waals surface area contributed by atoms with Gasteiger partial charge in [-0.15, -0.1) is 0 Å². The van der Waals surface area contributed by atoms with Crippen molar-refractivity contribution < 1.29 is 9.47 Å². The lowest BCUT2D eigenvalue weighted by atomic mass is 10.1. The lowest BCUT2D eigenvalue weighted by Crippen LogP contribution is -2.28. The van der Waals surface area contributed by atoms with Crippen molar-refractivity contribution in [1.82, 2.24) is 0 Å². The van der Waals surface area contributed by atoms with Crippen molar-refractivity contribution in [3.05, 3.63) is 28.8 Å². The number of ether oxygens (including phenoxy) is 2. The van der Waals surface area contributed by atoms with Crippen molar-refractivity contribution in [1.29, 1.82) is 0 Å². The van der Waals surface area contributed by atoms with Gasteiger partial charge in [0.1, 0.15) is 11.9 Å². The molecule has 3 nitrogen and oxygen atoms in total. The molecular weight excluding hydrogens is 238 g/mol. The number of benzene rings is 1. The maximum absolute atomic E-state index is 6.17. The van der Waals surface area contributed by atoms with E-state index < -0.39 is 0 Å². The largest absolute Gasteiger partial charge is 0.486 e. The smallest absolute Gasteiger partial charge is 0.138 e. The van der Waals surface area contributed by atoms with Gasteiger partial charge in [0.2, 0.25) is 0 Å². The van der Waals surface area contributed by atoms with Gasteiger partial charge in [-0.2, -0.15) is 0 Å². The van der Waals surface area contributed by atoms with Crippen molar-refractivity contribution in [3.63, 3.8) is 0 Å². The van der Waals surface area contributed by atoms with Gasteiger partial charge in [-0.05, 0) is 37.5 Å². The zero-order valence-electron chi connectivity index (χ0n) is 9.99. The van der Waals surface area contributed by atoms with Gasteiger partial charge in [0, 0.05) is 12.6 Å². The van der Waals surface area contributed by atoms with Gasteiger partial charge in [-0.1, -0.05) is 17.7 Å². The van der Waals surface area contributed by atoms with Crippen LogP contribution in [0, 0.1) is 0 Å². The summed E-state index contributed by atoms with van der Waals surface area (Å²) in [6, 6.07) is 5.69. The molecule has 1 aliphatic rings. The molecule has 2 atom stereocenters. The van der Waals surface area contributed by atoms with E-state index in [2.05, 4.69) is 0 Å². The van der Waals surface area contributed by atoms with Crippen LogP contribution in [0.5, 0.6) is 5.75 Å². The molecule has 0 saturated carbocycles. The van der Waals surface area contributed by atoms with Crippen LogP contribution in [0.4, 0.5) is 0 Å². The molecule has 1 aromatic rings. The van der Waals surface area contributed by atoms with Crippen LogP contribution >= 0.6 is 11.6 Å². The zero-order chi connectivity index (χ0) is 12.3. The Kier molecular flexibility index (Phi) is 4.26. The summed E-state index contributed by atoms with van der Waals surface area (Å²) in [5.41, 5.74) is 6.81. The van der Waals surface area contributed by atoms with E-state index in [0.717, 1.165) is 25.0 Å². The van der Waals surface area contributed by atoms with E-state index in [0.29, 0.717) is 17.4 Å². The van der Waals surface area contributed by atoms with Gasteiger partial charge in [-0.3, -0.25) is 0 Å². The van der Waals surface area contributed by atoms with Crippen LogP contribution in [0.25, 0.3) is 0 Å². The van der Waals surface area contributed by atoms with Crippen LogP contribution in [-0.2, 0) is 4.74 Å². The lowest BCUT2D eigenvalue weighted by molar-refractivity contribution is 0.00746. The first-order valence-electron chi connectivity index (χ1n) is 5.96. The molecule has 0 amide bonds. The maximum Gasteiger partial charge on any atom is 0.138 e. The third-order valence-corrected chi connectivity index (χ3v) is 3.19. The minimum absolute atomic E-state index is 0.0143. The molecule has 1 heterocycles. The van der Waals surface area contributed by atoms with Crippen molar-refractivity contribution in [2.24, 2.45) is 5.73 Å². The summed E-state index contributed by atoms with van der Waals surface area (Å²) in [6.07, 6.45) is 2.17. The Labute approximate surface area is 107 Å². The Morgan fingerprint density at radius 3 is 2.94 bits per heavy atom. The molecular formula is C13H18ClNO2. The molecule has 0 bridgehead atoms. The molecule has 94 valence electrons. The Morgan fingerprint density at radius 2 is 2.35 bits per heavy atom. The Morgan fingerprint density at radius 1 is 1.53 bits per heavy atom. The molecule has 0 aromatic heterocycles. The first-order chi connectivity index (χ1) is 8.16. The number of halogens is 1. The molecule has 2 rings (SSSR count). The van der Waals surface area contributed by atoms with Gasteiger partial charge < -0.3 is 15.2 Å². The summed E-state index contributed by atoms with van der Waals surface area (Å²) < 4.78 is 11.2. The summed E-state index contributed by atoms with van der Waals surface area (Å²) in [5, 5.41) is 0.616. The molecule has 1 aliphatic heterocycles. The molecule has 0 aliphatic carbocycles. The van der Waals surface area contributed by atoms with Crippen LogP contribution < -0.4 is 10.5 Å². The second kappa shape index (κ2) is 5.71. The summed E-state index contributed by atoms with van der Waals surface area (Å²) in [6.45, 7) is 3.41. The summed E-state index contributed by atoms with van der Waals surface area (Å²) in [5.74, 6) is 0.714. The molecule has 0 spiro atoms. The van der Waals surface area contributed by atoms with E-state index in [-0.39, 0.29) is 12.1 Å². The predicted molar refractivity (Wildman–Crippen MR) is 68.5 cm³/mol. The highest BCUT2D eigenvalue weighted by molar-refractivity contribution is 6.32. The van der Waals surface area contributed by atoms with Crippen molar-refractivity contribution in [2.45, 2.75) is 31.9 Å². The molecule has 4 heteroatoms. The molecule has 2 N–H and O–H groups in total. The fourth-order valence-electron chi connectivity index (χ4n) is 1.88. The van der Waals surface area contributed by atoms with Gasteiger partial charge in [-0.25, -0.2) is 0 Å². The lowest BCUT2D eigenvalue weighted by Gasteiger charge is -2.24. The monoisotopic (exact) mass is 255 g/mol. The van der Waals surface area contributed by atoms with E-state index in [1.54, 1.807) is 0 Å². The topological polar surface area (TPSA) is 44.5 Å². The highest BCUT2D eigenvalue weighted by Gasteiger charge is 2.17. The van der Waals surface area contributed by atoms with Gasteiger partial charge in [0.05, 0.1) is 11.6 Å². The Hall–Kier alpha value is -0.770. The van der Waals surface area contributed by atoms with E-state index in [9.17, 15) is 0 Å². The summed E-state index contributed by atoms with van der Waals surface area (Å²) in [7, 11) is 0. The van der Waals surface area contributed by atoms with Crippen molar-refractivity contribution in [2.75, 3.05) is 13.2 Å². The fraction of sp³-hybridized carbons (Fsp3) is 0.538. The fourth-order valence-corrected chi connectivity index (χ4v) is 2.11. The Balaban J connectivity index is 2.05. The van der Waals surface area contributed by atoms with Gasteiger partial charge >= 0.3 is 0 Å². The molecule has 1 aromatic carbocycles. The van der Waals surface area contributed by atoms with E-state index in [1.807, 2.05) is 25.1 Å². The second-order valence-corrected chi connectivity index (χ2v) is 4.84. The average Bonchev–Trinajstić information content (AvgIpc) is 2.33. The van der Waals surface area contributed by atoms with Gasteiger partial charge in [0.15, 0.2) is 0 Å². The molecule has 0 radical (unpaired) electrons. The third-order valence-electron chi connectivity index (χ3n) is 2.89. The molecule has 1 saturated heterocycles. The second-order valence-electron chi connectivity index (χ2n) is 4.44. The van der Waals surface area contributed by atoms with Crippen LogP contribution in [0.15, 0.2) is 18.2 Å². The standard InChI is InChI=1S/C13H18ClNO2/c1-9(15)10-4-5-13(12(14)7-10)17-11-3-2-6-16-8-11/h4-5,7,9,11H,2-3,6,8,15H2,1H3/t9-,11?/m1/s1. The normalized spacial score (nSPS) is 22.2. The van der Waals surface area contributed by atoms with Crippen LogP contribution in [-0.4, -0.2) is 19.3 Å². The summed E-state index contributed by atoms with van der Waals surface area (Å²) in [4.78, 5) is 0. The van der Waals surface area contributed by atoms with E-state index in [4.69, 9.17) is 26.8 Å². The summed E-state index contributed by atoms with van der Waals surface area (Å²) >= 11 is 6.17. The van der Waals surface area contributed by atoms with Crippen molar-refractivity contribution >= 4 is 11.6 Å². The molecule has 1 unspecified atom stereocenters. The highest BCUT2D eigenvalue weighted by atomic mass is 35.5. The Bertz CT molecular complexity index is 376. The third kappa shape index (κ3) is 3.35. The molecule has 17 heavy (non-hydrogen) atoms. The van der Waals surface area contributed by atoms with Crippen molar-refractivity contribution in [3.8, 4) is 5.75 Å². The number of rotatable bonds is 3. The number of nitrogens with two attached hydrogens (primary N) is 1. The number of hydrogen-bond acceptors (Lipinski definition) is 3. The molecule has 1 fully saturated rings. The van der Waals surface area contributed by atoms with Gasteiger partial charge in [0.25, 0.3) is 0 Å². The number of hydrogen-bond donors (Lipinski definition) is 1. The van der Waals surface area contributed by atoms with Crippen LogP contribution in [0.1, 0.15) is 31.4 Å². The maximum atomic E-state index is 6.17. The highest BCUT2D eigenvalue weighted by Crippen LogP contribution is 2.29. The average molecular weight is 256 g/mol. The first kappa shape index (κ1) is 12.7. The predicted octanol–water partition coefficient (Wildman–Crippen LogP) is 2.92.